The summed E-state index contributed by atoms with van der Waals surface area (Å²) in [5, 5.41) is 3.62. The molecule has 2 rings (SSSR count). The van der Waals surface area contributed by atoms with Crippen LogP contribution in [0.5, 0.6) is 0 Å². The highest BCUT2D eigenvalue weighted by molar-refractivity contribution is 4.89. The number of rotatable bonds is 5. The number of hydrogen-bond acceptors (Lipinski definition) is 1. The predicted octanol–water partition coefficient (Wildman–Crippen LogP) is 3.84. The molecule has 1 heteroatoms. The summed E-state index contributed by atoms with van der Waals surface area (Å²) in [6, 6.07) is 0. The van der Waals surface area contributed by atoms with Gasteiger partial charge in [0, 0.05) is 0 Å². The smallest absolute Gasteiger partial charge is 0.00178 e. The zero-order chi connectivity index (χ0) is 11.4. The molecule has 0 heterocycles. The minimum absolute atomic E-state index is 1.00. The number of nitrogens with one attached hydrogen (secondary N) is 1. The molecule has 0 spiro atoms. The highest BCUT2D eigenvalue weighted by atomic mass is 14.9. The van der Waals surface area contributed by atoms with Crippen LogP contribution in [0.2, 0.25) is 0 Å². The molecule has 0 aliphatic heterocycles. The molecule has 2 aliphatic rings. The van der Waals surface area contributed by atoms with Gasteiger partial charge in [0.15, 0.2) is 0 Å². The van der Waals surface area contributed by atoms with Crippen LogP contribution >= 0.6 is 0 Å². The van der Waals surface area contributed by atoms with Crippen molar-refractivity contribution in [2.75, 3.05) is 13.1 Å². The summed E-state index contributed by atoms with van der Waals surface area (Å²) in [4.78, 5) is 0. The van der Waals surface area contributed by atoms with Crippen molar-refractivity contribution >= 4 is 0 Å². The van der Waals surface area contributed by atoms with Crippen molar-refractivity contribution in [2.45, 2.75) is 58.8 Å². The Hall–Kier alpha value is -0.0400. The molecule has 0 amide bonds. The maximum Gasteiger partial charge on any atom is -0.00178 e. The molecule has 0 radical (unpaired) electrons. The van der Waals surface area contributed by atoms with Crippen LogP contribution in [-0.4, -0.2) is 13.1 Å². The van der Waals surface area contributed by atoms with Crippen LogP contribution in [-0.2, 0) is 0 Å². The molecular formula is C15H29N. The van der Waals surface area contributed by atoms with Gasteiger partial charge in [-0.1, -0.05) is 33.1 Å². The molecule has 0 saturated heterocycles. The zero-order valence-electron chi connectivity index (χ0n) is 11.2. The van der Waals surface area contributed by atoms with Crippen LogP contribution in [0.3, 0.4) is 0 Å². The Morgan fingerprint density at radius 2 is 2.00 bits per heavy atom. The second-order valence-electron chi connectivity index (χ2n) is 6.24. The molecule has 16 heavy (non-hydrogen) atoms. The minimum atomic E-state index is 1.00. The Kier molecular flexibility index (Phi) is 4.69. The van der Waals surface area contributed by atoms with Gasteiger partial charge in [0.2, 0.25) is 0 Å². The topological polar surface area (TPSA) is 12.0 Å². The van der Waals surface area contributed by atoms with Crippen LogP contribution in [0.15, 0.2) is 0 Å². The predicted molar refractivity (Wildman–Crippen MR) is 70.5 cm³/mol. The van der Waals surface area contributed by atoms with E-state index in [0.29, 0.717) is 0 Å². The van der Waals surface area contributed by atoms with Gasteiger partial charge in [0.25, 0.3) is 0 Å². The monoisotopic (exact) mass is 223 g/mol. The molecule has 0 bridgehead atoms. The Morgan fingerprint density at radius 1 is 1.12 bits per heavy atom. The van der Waals surface area contributed by atoms with Crippen LogP contribution in [0, 0.1) is 23.7 Å². The van der Waals surface area contributed by atoms with Crippen molar-refractivity contribution in [3.63, 3.8) is 0 Å². The lowest BCUT2D eigenvalue weighted by atomic mass is 9.62. The van der Waals surface area contributed by atoms with E-state index in [0.717, 1.165) is 23.7 Å². The lowest BCUT2D eigenvalue weighted by molar-refractivity contribution is 0.0657. The molecule has 1 nitrogen and oxygen atoms in total. The zero-order valence-corrected chi connectivity index (χ0v) is 11.2. The van der Waals surface area contributed by atoms with E-state index in [1.54, 1.807) is 0 Å². The average molecular weight is 223 g/mol. The first-order chi connectivity index (χ1) is 7.81. The van der Waals surface area contributed by atoms with E-state index >= 15 is 0 Å². The summed E-state index contributed by atoms with van der Waals surface area (Å²) < 4.78 is 0. The van der Waals surface area contributed by atoms with E-state index in [9.17, 15) is 0 Å². The first-order valence-electron chi connectivity index (χ1n) is 7.52. The van der Waals surface area contributed by atoms with Crippen molar-refractivity contribution < 1.29 is 0 Å². The minimum Gasteiger partial charge on any atom is -0.316 e. The van der Waals surface area contributed by atoms with Gasteiger partial charge in [0.1, 0.15) is 0 Å². The Bertz CT molecular complexity index is 202. The molecule has 2 aliphatic carbocycles. The highest BCUT2D eigenvalue weighted by Crippen LogP contribution is 2.46. The molecule has 4 atom stereocenters. The number of hydrogen-bond donors (Lipinski definition) is 1. The normalized spacial score (nSPS) is 39.4. The lowest BCUT2D eigenvalue weighted by Gasteiger charge is -2.45. The van der Waals surface area contributed by atoms with Crippen molar-refractivity contribution in [2.24, 2.45) is 23.7 Å². The summed E-state index contributed by atoms with van der Waals surface area (Å²) in [6.45, 7) is 7.22. The highest BCUT2D eigenvalue weighted by Gasteiger charge is 2.37. The van der Waals surface area contributed by atoms with Crippen LogP contribution in [0.25, 0.3) is 0 Å². The maximum absolute atomic E-state index is 3.62. The van der Waals surface area contributed by atoms with Gasteiger partial charge >= 0.3 is 0 Å². The van der Waals surface area contributed by atoms with Gasteiger partial charge in [-0.25, -0.2) is 0 Å². The molecule has 0 aromatic carbocycles. The fourth-order valence-corrected chi connectivity index (χ4v) is 3.80. The molecule has 0 aromatic heterocycles. The fourth-order valence-electron chi connectivity index (χ4n) is 3.80. The van der Waals surface area contributed by atoms with Crippen molar-refractivity contribution in [3.05, 3.63) is 0 Å². The standard InChI is InChI=1S/C15H29N/c1-3-9-16-11-14-7-8-15(14)13-6-4-5-12(2)10-13/h12-16H,3-11H2,1-2H3. The molecule has 2 fully saturated rings. The van der Waals surface area contributed by atoms with E-state index in [2.05, 4.69) is 19.2 Å². The van der Waals surface area contributed by atoms with Gasteiger partial charge in [-0.2, -0.15) is 0 Å². The molecule has 2 saturated carbocycles. The SMILES string of the molecule is CCCNCC1CCC1C1CCCC(C)C1. The van der Waals surface area contributed by atoms with Gasteiger partial charge in [-0.3, -0.25) is 0 Å². The Balaban J connectivity index is 1.72. The largest absolute Gasteiger partial charge is 0.316 e. The van der Waals surface area contributed by atoms with Crippen molar-refractivity contribution in [1.82, 2.24) is 5.32 Å². The molecule has 4 unspecified atom stereocenters. The second kappa shape index (κ2) is 6.05. The van der Waals surface area contributed by atoms with Gasteiger partial charge < -0.3 is 5.32 Å². The van der Waals surface area contributed by atoms with E-state index in [-0.39, 0.29) is 0 Å². The van der Waals surface area contributed by atoms with E-state index in [1.807, 2.05) is 0 Å². The summed E-state index contributed by atoms with van der Waals surface area (Å²) in [7, 11) is 0. The first-order valence-corrected chi connectivity index (χ1v) is 7.52. The second-order valence-corrected chi connectivity index (χ2v) is 6.24. The van der Waals surface area contributed by atoms with Crippen LogP contribution < -0.4 is 5.32 Å². The van der Waals surface area contributed by atoms with Gasteiger partial charge in [-0.05, 0) is 62.4 Å². The van der Waals surface area contributed by atoms with E-state index < -0.39 is 0 Å². The summed E-state index contributed by atoms with van der Waals surface area (Å²) in [5.74, 6) is 4.17. The Morgan fingerprint density at radius 3 is 2.62 bits per heavy atom. The van der Waals surface area contributed by atoms with E-state index in [1.165, 1.54) is 58.0 Å². The summed E-state index contributed by atoms with van der Waals surface area (Å²) >= 11 is 0. The van der Waals surface area contributed by atoms with Crippen LogP contribution in [0.1, 0.15) is 58.8 Å². The van der Waals surface area contributed by atoms with E-state index in [4.69, 9.17) is 0 Å². The quantitative estimate of drug-likeness (QED) is 0.698. The molecule has 1 N–H and O–H groups in total. The molecular weight excluding hydrogens is 194 g/mol. The third kappa shape index (κ3) is 3.00. The Labute approximate surface area is 101 Å². The molecule has 94 valence electrons. The maximum atomic E-state index is 3.62. The lowest BCUT2D eigenvalue weighted by Crippen LogP contribution is -2.40. The van der Waals surface area contributed by atoms with Crippen molar-refractivity contribution in [3.8, 4) is 0 Å². The van der Waals surface area contributed by atoms with Gasteiger partial charge in [-0.15, -0.1) is 0 Å². The summed E-state index contributed by atoms with van der Waals surface area (Å²) in [5.41, 5.74) is 0. The van der Waals surface area contributed by atoms with Crippen LogP contribution in [0.4, 0.5) is 0 Å². The third-order valence-electron chi connectivity index (χ3n) is 4.89. The summed E-state index contributed by atoms with van der Waals surface area (Å²) in [6.07, 6.45) is 10.3. The first kappa shape index (κ1) is 12.4. The van der Waals surface area contributed by atoms with Gasteiger partial charge in [0.05, 0.1) is 0 Å². The third-order valence-corrected chi connectivity index (χ3v) is 4.89. The fraction of sp³-hybridized carbons (Fsp3) is 1.00. The average Bonchev–Trinajstić information content (AvgIpc) is 2.23. The van der Waals surface area contributed by atoms with Crippen molar-refractivity contribution in [1.29, 1.82) is 0 Å². The molecule has 0 aromatic rings.